The van der Waals surface area contributed by atoms with E-state index in [1.807, 2.05) is 4.98 Å². The Morgan fingerprint density at radius 3 is 2.62 bits per heavy atom. The summed E-state index contributed by atoms with van der Waals surface area (Å²) in [6.07, 6.45) is -29.5. The van der Waals surface area contributed by atoms with Gasteiger partial charge in [0.25, 0.3) is 5.56 Å². The lowest BCUT2D eigenvalue weighted by Gasteiger charge is -2.30. The van der Waals surface area contributed by atoms with Gasteiger partial charge in [-0.2, -0.15) is 0 Å². The lowest BCUT2D eigenvalue weighted by molar-refractivity contribution is 0.262. The summed E-state index contributed by atoms with van der Waals surface area (Å²) < 4.78 is 225. The van der Waals surface area contributed by atoms with Crippen molar-refractivity contribution < 1.29 is 37.0 Å². The quantitative estimate of drug-likeness (QED) is 0.863. The number of fused-ring (bicyclic) bond motifs is 1. The van der Waals surface area contributed by atoms with Crippen LogP contribution in [0.4, 0.5) is 0 Å². The second kappa shape index (κ2) is 5.57. The molecule has 0 radical (unpaired) electrons. The lowest BCUT2D eigenvalue weighted by atomic mass is 9.75. The third-order valence-electron chi connectivity index (χ3n) is 4.14. The highest BCUT2D eigenvalue weighted by Gasteiger charge is 2.59. The van der Waals surface area contributed by atoms with E-state index in [1.54, 1.807) is 0 Å². The zero-order valence-corrected chi connectivity index (χ0v) is 12.7. The molecule has 1 N–H and O–H groups in total. The van der Waals surface area contributed by atoms with Gasteiger partial charge in [-0.1, -0.05) is 13.7 Å². The SMILES string of the molecule is [2H]C([2H])([2H])C([2H])([2H])C([2H])([2H])n1c(=O)c2[nH]c(C34C([2H])([2H])C5([2H])C([2H])([2H])C([2H])(C([2H])([2H])C3([2H])C5([2H])[2H])C4([2H])[2H])nc2n(C([2H])([2H])C([2H])([2H])C([2H])([2H])[2H])c1=O. The molecule has 2 atom stereocenters. The lowest BCUT2D eigenvalue weighted by Crippen LogP contribution is -2.40. The first-order valence-corrected chi connectivity index (χ1v) is 7.20. The number of H-pyrrole nitrogens is 1. The number of hydrogen-bond acceptors (Lipinski definition) is 3. The summed E-state index contributed by atoms with van der Waals surface area (Å²) in [5.41, 5.74) is -12.2. The van der Waals surface area contributed by atoms with E-state index in [2.05, 4.69) is 4.98 Å². The minimum atomic E-state index is -4.42. The summed E-state index contributed by atoms with van der Waals surface area (Å²) in [4.78, 5) is 33.5. The maximum absolute atomic E-state index is 14.0. The first-order chi connectivity index (χ1) is 22.9. The number of imidazole rings is 1. The number of rotatable bonds is 5. The molecule has 4 fully saturated rings. The molecule has 4 aliphatic rings. The third kappa shape index (κ3) is 2.01. The van der Waals surface area contributed by atoms with E-state index in [-0.39, 0.29) is 0 Å². The highest BCUT2D eigenvalue weighted by atomic mass is 16.2. The van der Waals surface area contributed by atoms with Gasteiger partial charge >= 0.3 is 5.69 Å². The molecule has 0 spiro atoms. The van der Waals surface area contributed by atoms with Gasteiger partial charge in [-0.3, -0.25) is 13.9 Å². The number of nitrogens with one attached hydrogen (secondary N) is 1. The van der Waals surface area contributed by atoms with Crippen LogP contribution in [0, 0.1) is 17.7 Å². The smallest absolute Gasteiger partial charge is 0.332 e. The van der Waals surface area contributed by atoms with Crippen molar-refractivity contribution in [2.45, 2.75) is 76.7 Å². The Bertz CT molecular complexity index is 2020. The van der Waals surface area contributed by atoms with Crippen LogP contribution in [0.1, 0.15) is 101 Å². The van der Waals surface area contributed by atoms with Crippen LogP contribution in [0.5, 0.6) is 0 Å². The highest BCUT2D eigenvalue weighted by molar-refractivity contribution is 5.70. The van der Waals surface area contributed by atoms with Crippen LogP contribution >= 0.6 is 0 Å². The second-order valence-electron chi connectivity index (χ2n) is 5.52. The number of hydrogen-bond donors (Lipinski definition) is 1. The fourth-order valence-corrected chi connectivity index (χ4v) is 3.10. The van der Waals surface area contributed by atoms with E-state index >= 15 is 0 Å². The van der Waals surface area contributed by atoms with E-state index in [0.717, 1.165) is 0 Å². The summed E-state index contributed by atoms with van der Waals surface area (Å²) in [5.74, 6) is -14.1. The van der Waals surface area contributed by atoms with Crippen molar-refractivity contribution >= 4 is 11.2 Å². The van der Waals surface area contributed by atoms with Crippen LogP contribution < -0.4 is 11.2 Å². The molecule has 140 valence electrons. The minimum absolute atomic E-state index is 0.725. The van der Waals surface area contributed by atoms with Crippen LogP contribution in [0.2, 0.25) is 0 Å². The summed E-state index contributed by atoms with van der Waals surface area (Å²) in [5, 5.41) is 0. The average Bonchev–Trinajstić information content (AvgIpc) is 3.42. The van der Waals surface area contributed by atoms with Gasteiger partial charge in [0, 0.05) is 52.7 Å². The standard InChI is InChI=1S/C20H28N4O2/c1-3-5-23-16-15(17(25)24(6-4-2)19(23)26)21-18(22-16)20-10-12-7-13(11-20)9-14(20)8-12/h12-14H,3-11H2,1-2H3,(H,21,22)/i1D3,2D3,3D2,4D2,5D2,6D2,7D2,8D2,9D2,10D2,11D2,12D,13D,14D. The predicted octanol–water partition coefficient (Wildman–Crippen LogP) is 2.78. The van der Waals surface area contributed by atoms with E-state index in [4.69, 9.17) is 35.6 Å². The van der Waals surface area contributed by atoms with E-state index in [1.165, 1.54) is 0 Å². The van der Waals surface area contributed by atoms with Gasteiger partial charge < -0.3 is 4.98 Å². The molecule has 6 rings (SSSR count). The molecule has 6 heteroatoms. The monoisotopic (exact) mass is 383 g/mol. The largest absolute Gasteiger partial charge is 0.336 e. The molecule has 2 aromatic rings. The topological polar surface area (TPSA) is 72.7 Å². The molecule has 26 heavy (non-hydrogen) atoms. The molecule has 0 aliphatic heterocycles. The Labute approximate surface area is 190 Å². The van der Waals surface area contributed by atoms with Crippen molar-refractivity contribution in [3.63, 3.8) is 0 Å². The van der Waals surface area contributed by atoms with Crippen molar-refractivity contribution in [2.75, 3.05) is 0 Å². The summed E-state index contributed by atoms with van der Waals surface area (Å²) in [7, 11) is 0. The predicted molar refractivity (Wildman–Crippen MR) is 100 cm³/mol. The fraction of sp³-hybridized carbons (Fsp3) is 0.750. The molecule has 4 aliphatic carbocycles. The summed E-state index contributed by atoms with van der Waals surface area (Å²) in [6, 6.07) is 0. The van der Waals surface area contributed by atoms with Crippen LogP contribution in [0.15, 0.2) is 9.59 Å². The molecule has 2 heterocycles. The van der Waals surface area contributed by atoms with Crippen molar-refractivity contribution in [3.8, 4) is 0 Å². The van der Waals surface area contributed by atoms with Crippen molar-refractivity contribution in [2.24, 2.45) is 17.7 Å². The zero-order chi connectivity index (χ0) is 42.0. The molecule has 2 unspecified atom stereocenters. The average molecular weight is 384 g/mol. The van der Waals surface area contributed by atoms with E-state index in [9.17, 15) is 11.0 Å². The van der Waals surface area contributed by atoms with Gasteiger partial charge in [-0.25, -0.2) is 9.78 Å². The summed E-state index contributed by atoms with van der Waals surface area (Å²) in [6.45, 7) is -16.9. The van der Waals surface area contributed by atoms with Gasteiger partial charge in [-0.05, 0) is 62.3 Å². The Morgan fingerprint density at radius 1 is 1.23 bits per heavy atom. The van der Waals surface area contributed by atoms with Crippen molar-refractivity contribution in [1.82, 2.24) is 19.1 Å². The van der Waals surface area contributed by atoms with Crippen LogP contribution in [0.3, 0.4) is 0 Å². The van der Waals surface area contributed by atoms with Crippen LogP contribution in [-0.4, -0.2) is 19.1 Å². The minimum Gasteiger partial charge on any atom is -0.336 e. The first-order valence-electron chi connectivity index (χ1n) is 20.7. The van der Waals surface area contributed by atoms with Gasteiger partial charge in [0.2, 0.25) is 0 Å². The van der Waals surface area contributed by atoms with Crippen molar-refractivity contribution in [1.29, 1.82) is 0 Å². The van der Waals surface area contributed by atoms with E-state index < -0.39 is 132 Å². The number of aryl methyl sites for hydroxylation is 1. The zero-order valence-electron chi connectivity index (χ0n) is 39.7. The van der Waals surface area contributed by atoms with E-state index in [0.29, 0.717) is 0 Å². The maximum Gasteiger partial charge on any atom is 0.332 e. The molecular weight excluding hydrogens is 328 g/mol. The third-order valence-corrected chi connectivity index (χ3v) is 4.14. The molecule has 2 aromatic heterocycles. The fourth-order valence-electron chi connectivity index (χ4n) is 3.10. The Kier molecular flexibility index (Phi) is 0.912. The molecule has 4 bridgehead atoms. The molecule has 6 nitrogen and oxygen atoms in total. The number of nitrogens with zero attached hydrogens (tertiary/aromatic N) is 3. The second-order valence-corrected chi connectivity index (χ2v) is 5.52. The van der Waals surface area contributed by atoms with Crippen LogP contribution in [-0.2, 0) is 18.4 Å². The Hall–Kier alpha value is -1.85. The molecular formula is C20H28N4O2. The molecule has 0 aromatic carbocycles. The molecule has 0 amide bonds. The number of aromatic amines is 1. The summed E-state index contributed by atoms with van der Waals surface area (Å²) >= 11 is 0. The Morgan fingerprint density at radius 2 is 1.92 bits per heavy atom. The first kappa shape index (κ1) is 4.26. The van der Waals surface area contributed by atoms with Gasteiger partial charge in [-0.15, -0.1) is 0 Å². The van der Waals surface area contributed by atoms with Gasteiger partial charge in [0.1, 0.15) is 11.3 Å². The van der Waals surface area contributed by atoms with Crippen LogP contribution in [0.25, 0.3) is 11.2 Å². The maximum atomic E-state index is 14.0. The molecule has 4 saturated carbocycles. The highest BCUT2D eigenvalue weighted by Crippen LogP contribution is 2.65. The van der Waals surface area contributed by atoms with Gasteiger partial charge in [0.15, 0.2) is 5.65 Å². The normalized spacial score (nSPS) is 68.8. The van der Waals surface area contributed by atoms with Gasteiger partial charge in [0.05, 0.1) is 2.74 Å². The molecule has 0 saturated heterocycles. The Balaban J connectivity index is 2.11. The number of aromatic nitrogens is 4. The van der Waals surface area contributed by atoms with Crippen molar-refractivity contribution in [3.05, 3.63) is 26.7 Å².